The zero-order valence-corrected chi connectivity index (χ0v) is 13.3. The fourth-order valence-corrected chi connectivity index (χ4v) is 2.72. The summed E-state index contributed by atoms with van der Waals surface area (Å²) in [5.41, 5.74) is 1.76. The van der Waals surface area contributed by atoms with Crippen molar-refractivity contribution in [2.24, 2.45) is 0 Å². The average Bonchev–Trinajstić information content (AvgIpc) is 2.59. The van der Waals surface area contributed by atoms with E-state index in [1.807, 2.05) is 36.1 Å². The van der Waals surface area contributed by atoms with Crippen molar-refractivity contribution in [3.8, 4) is 0 Å². The number of benzene rings is 1. The molecule has 0 aliphatic carbocycles. The second-order valence-electron chi connectivity index (χ2n) is 5.43. The monoisotopic (exact) mass is 306 g/mol. The topological polar surface area (TPSA) is 53.0 Å². The Morgan fingerprint density at radius 1 is 1.27 bits per heavy atom. The van der Waals surface area contributed by atoms with E-state index in [1.165, 1.54) is 0 Å². The van der Waals surface area contributed by atoms with Crippen molar-refractivity contribution in [2.75, 3.05) is 50.9 Å². The maximum atomic E-state index is 12.8. The average molecular weight is 306 g/mol. The van der Waals surface area contributed by atoms with Crippen molar-refractivity contribution in [2.45, 2.75) is 19.8 Å². The van der Waals surface area contributed by atoms with E-state index in [4.69, 9.17) is 9.84 Å². The van der Waals surface area contributed by atoms with Crippen LogP contribution in [0.2, 0.25) is 0 Å². The minimum Gasteiger partial charge on any atom is -0.396 e. The molecule has 1 amide bonds. The Morgan fingerprint density at radius 3 is 2.68 bits per heavy atom. The van der Waals surface area contributed by atoms with Gasteiger partial charge in [-0.25, -0.2) is 0 Å². The summed E-state index contributed by atoms with van der Waals surface area (Å²) in [6.07, 6.45) is 1.56. The van der Waals surface area contributed by atoms with Crippen LogP contribution in [0, 0.1) is 0 Å². The van der Waals surface area contributed by atoms with Crippen LogP contribution in [0.1, 0.15) is 30.1 Å². The van der Waals surface area contributed by atoms with E-state index in [9.17, 15) is 4.79 Å². The molecule has 1 fully saturated rings. The fourth-order valence-electron chi connectivity index (χ4n) is 2.72. The minimum absolute atomic E-state index is 0.0718. The van der Waals surface area contributed by atoms with Gasteiger partial charge in [-0.3, -0.25) is 4.79 Å². The van der Waals surface area contributed by atoms with Crippen LogP contribution in [-0.4, -0.2) is 61.9 Å². The third-order valence-corrected chi connectivity index (χ3v) is 3.99. The Balaban J connectivity index is 2.13. The molecule has 122 valence electrons. The molecule has 0 unspecified atom stereocenters. The molecule has 0 radical (unpaired) electrons. The molecule has 1 aliphatic rings. The Hall–Kier alpha value is -1.59. The van der Waals surface area contributed by atoms with Crippen LogP contribution < -0.4 is 4.90 Å². The smallest absolute Gasteiger partial charge is 0.255 e. The number of morpholine rings is 1. The van der Waals surface area contributed by atoms with Gasteiger partial charge >= 0.3 is 0 Å². The number of hydrogen-bond donors (Lipinski definition) is 1. The summed E-state index contributed by atoms with van der Waals surface area (Å²) < 4.78 is 5.39. The van der Waals surface area contributed by atoms with Gasteiger partial charge in [0.2, 0.25) is 0 Å². The van der Waals surface area contributed by atoms with Gasteiger partial charge in [-0.2, -0.15) is 0 Å². The second kappa shape index (κ2) is 8.76. The maximum absolute atomic E-state index is 12.8. The number of rotatable bonds is 7. The van der Waals surface area contributed by atoms with Crippen molar-refractivity contribution in [1.29, 1.82) is 0 Å². The minimum atomic E-state index is 0.0718. The normalized spacial score (nSPS) is 14.9. The van der Waals surface area contributed by atoms with Gasteiger partial charge in [0, 0.05) is 38.5 Å². The Kier molecular flexibility index (Phi) is 6.68. The molecule has 5 heteroatoms. The summed E-state index contributed by atoms with van der Waals surface area (Å²) in [4.78, 5) is 16.9. The molecular formula is C17H26N2O3. The summed E-state index contributed by atoms with van der Waals surface area (Å²) in [5, 5.41) is 8.90. The Labute approximate surface area is 132 Å². The van der Waals surface area contributed by atoms with Gasteiger partial charge in [-0.05, 0) is 31.9 Å². The van der Waals surface area contributed by atoms with E-state index in [-0.39, 0.29) is 12.5 Å². The highest BCUT2D eigenvalue weighted by Crippen LogP contribution is 2.23. The molecule has 1 N–H and O–H groups in total. The number of anilines is 1. The first-order valence-electron chi connectivity index (χ1n) is 8.09. The largest absolute Gasteiger partial charge is 0.396 e. The number of para-hydroxylation sites is 1. The van der Waals surface area contributed by atoms with Crippen molar-refractivity contribution in [1.82, 2.24) is 4.90 Å². The highest BCUT2D eigenvalue weighted by Gasteiger charge is 2.21. The van der Waals surface area contributed by atoms with E-state index >= 15 is 0 Å². The van der Waals surface area contributed by atoms with Gasteiger partial charge < -0.3 is 19.6 Å². The SMILES string of the molecule is CCN(CCCCO)C(=O)c1ccccc1N1CCOCC1. The first kappa shape index (κ1) is 16.8. The molecule has 0 bridgehead atoms. The lowest BCUT2D eigenvalue weighted by Gasteiger charge is -2.31. The van der Waals surface area contributed by atoms with Gasteiger partial charge in [-0.15, -0.1) is 0 Å². The standard InChI is InChI=1S/C17H26N2O3/c1-2-18(9-5-6-12-20)17(21)15-7-3-4-8-16(15)19-10-13-22-14-11-19/h3-4,7-8,20H,2,5-6,9-14H2,1H3. The van der Waals surface area contributed by atoms with Crippen LogP contribution >= 0.6 is 0 Å². The highest BCUT2D eigenvalue weighted by molar-refractivity contribution is 5.99. The van der Waals surface area contributed by atoms with Crippen LogP contribution in [0.15, 0.2) is 24.3 Å². The van der Waals surface area contributed by atoms with Gasteiger partial charge in [-0.1, -0.05) is 12.1 Å². The van der Waals surface area contributed by atoms with Crippen LogP contribution in [0.5, 0.6) is 0 Å². The molecule has 0 saturated carbocycles. The second-order valence-corrected chi connectivity index (χ2v) is 5.43. The molecule has 1 aromatic carbocycles. The highest BCUT2D eigenvalue weighted by atomic mass is 16.5. The van der Waals surface area contributed by atoms with Gasteiger partial charge in [0.15, 0.2) is 0 Å². The number of amides is 1. The van der Waals surface area contributed by atoms with Crippen LogP contribution in [-0.2, 0) is 4.74 Å². The number of carbonyl (C=O) groups excluding carboxylic acids is 1. The molecule has 1 heterocycles. The number of carbonyl (C=O) groups is 1. The lowest BCUT2D eigenvalue weighted by molar-refractivity contribution is 0.0758. The summed E-state index contributed by atoms with van der Waals surface area (Å²) in [5.74, 6) is 0.0718. The summed E-state index contributed by atoms with van der Waals surface area (Å²) in [7, 11) is 0. The molecule has 1 aromatic rings. The molecule has 0 atom stereocenters. The predicted molar refractivity (Wildman–Crippen MR) is 87.4 cm³/mol. The van der Waals surface area contributed by atoms with Crippen molar-refractivity contribution in [3.63, 3.8) is 0 Å². The quantitative estimate of drug-likeness (QED) is 0.780. The first-order valence-corrected chi connectivity index (χ1v) is 8.09. The summed E-state index contributed by atoms with van der Waals surface area (Å²) in [6, 6.07) is 7.81. The number of aliphatic hydroxyl groups is 1. The molecule has 0 spiro atoms. The van der Waals surface area contributed by atoms with E-state index in [1.54, 1.807) is 0 Å². The van der Waals surface area contributed by atoms with Gasteiger partial charge in [0.05, 0.1) is 18.8 Å². The molecule has 5 nitrogen and oxygen atoms in total. The van der Waals surface area contributed by atoms with Gasteiger partial charge in [0.1, 0.15) is 0 Å². The summed E-state index contributed by atoms with van der Waals surface area (Å²) >= 11 is 0. The zero-order valence-electron chi connectivity index (χ0n) is 13.3. The van der Waals surface area contributed by atoms with Crippen LogP contribution in [0.25, 0.3) is 0 Å². The third kappa shape index (κ3) is 4.21. The molecule has 1 saturated heterocycles. The summed E-state index contributed by atoms with van der Waals surface area (Å²) in [6.45, 7) is 6.59. The van der Waals surface area contributed by atoms with Crippen molar-refractivity contribution in [3.05, 3.63) is 29.8 Å². The third-order valence-electron chi connectivity index (χ3n) is 3.99. The number of nitrogens with zero attached hydrogens (tertiary/aromatic N) is 2. The van der Waals surface area contributed by atoms with E-state index < -0.39 is 0 Å². The van der Waals surface area contributed by atoms with Crippen molar-refractivity contribution >= 4 is 11.6 Å². The molecule has 0 aromatic heterocycles. The number of ether oxygens (including phenoxy) is 1. The number of unbranched alkanes of at least 4 members (excludes halogenated alkanes) is 1. The van der Waals surface area contributed by atoms with Crippen LogP contribution in [0.4, 0.5) is 5.69 Å². The molecular weight excluding hydrogens is 280 g/mol. The molecule has 2 rings (SSSR count). The molecule has 22 heavy (non-hydrogen) atoms. The Morgan fingerprint density at radius 2 is 2.00 bits per heavy atom. The lowest BCUT2D eigenvalue weighted by Crippen LogP contribution is -2.38. The fraction of sp³-hybridized carbons (Fsp3) is 0.588. The zero-order chi connectivity index (χ0) is 15.8. The van der Waals surface area contributed by atoms with Crippen LogP contribution in [0.3, 0.4) is 0 Å². The first-order chi connectivity index (χ1) is 10.8. The molecule has 1 aliphatic heterocycles. The number of aliphatic hydroxyl groups excluding tert-OH is 1. The van der Waals surface area contributed by atoms with E-state index in [0.29, 0.717) is 26.3 Å². The van der Waals surface area contributed by atoms with Gasteiger partial charge in [0.25, 0.3) is 5.91 Å². The van der Waals surface area contributed by atoms with E-state index in [0.717, 1.165) is 37.2 Å². The van der Waals surface area contributed by atoms with E-state index in [2.05, 4.69) is 4.90 Å². The lowest BCUT2D eigenvalue weighted by atomic mass is 10.1. The Bertz CT molecular complexity index is 473. The predicted octanol–water partition coefficient (Wildman–Crippen LogP) is 1.76. The van der Waals surface area contributed by atoms with Crippen molar-refractivity contribution < 1.29 is 14.6 Å². The number of hydrogen-bond acceptors (Lipinski definition) is 4. The maximum Gasteiger partial charge on any atom is 0.255 e.